The lowest BCUT2D eigenvalue weighted by molar-refractivity contribution is -0.138. The van der Waals surface area contributed by atoms with Gasteiger partial charge in [-0.25, -0.2) is 0 Å². The molecule has 1 aromatic heterocycles. The Morgan fingerprint density at radius 2 is 1.96 bits per heavy atom. The minimum absolute atomic E-state index is 0.0472. The normalized spacial score (nSPS) is 22.0. The molecule has 2 unspecified atom stereocenters. The van der Waals surface area contributed by atoms with Crippen LogP contribution in [0.4, 0.5) is 13.2 Å². The topological polar surface area (TPSA) is 71.3 Å². The van der Waals surface area contributed by atoms with Crippen molar-refractivity contribution in [3.8, 4) is 0 Å². The van der Waals surface area contributed by atoms with Gasteiger partial charge < -0.3 is 15.0 Å². The van der Waals surface area contributed by atoms with Crippen LogP contribution >= 0.6 is 0 Å². The molecule has 1 aliphatic rings. The van der Waals surface area contributed by atoms with Crippen LogP contribution in [-0.4, -0.2) is 28.2 Å². The van der Waals surface area contributed by atoms with Gasteiger partial charge in [0.2, 0.25) is 5.91 Å². The van der Waals surface area contributed by atoms with Crippen molar-refractivity contribution in [2.24, 2.45) is 5.92 Å². The van der Waals surface area contributed by atoms with E-state index >= 15 is 0 Å². The first kappa shape index (κ1) is 18.5. The standard InChI is InChI=1S/C16H21F3N2O3/c17-16(18,19)12-6-7-15(24)21(8-12)9-14(23)20-13-5-3-1-2-4-11(13)10-22/h6-8,11,13,22H,1-5,9-10H2,(H,20,23). The molecule has 1 heterocycles. The smallest absolute Gasteiger partial charge is 0.396 e. The van der Waals surface area contributed by atoms with Gasteiger partial charge in [0.1, 0.15) is 6.54 Å². The van der Waals surface area contributed by atoms with Crippen LogP contribution in [0, 0.1) is 5.92 Å². The van der Waals surface area contributed by atoms with Gasteiger partial charge in [-0.05, 0) is 18.9 Å². The van der Waals surface area contributed by atoms with Gasteiger partial charge in [0, 0.05) is 30.8 Å². The highest BCUT2D eigenvalue weighted by molar-refractivity contribution is 5.76. The highest BCUT2D eigenvalue weighted by Crippen LogP contribution is 2.28. The number of nitrogens with zero attached hydrogens (tertiary/aromatic N) is 1. The van der Waals surface area contributed by atoms with Crippen LogP contribution in [0.15, 0.2) is 23.1 Å². The number of rotatable bonds is 4. The number of carbonyl (C=O) groups is 1. The van der Waals surface area contributed by atoms with Crippen molar-refractivity contribution in [1.82, 2.24) is 9.88 Å². The summed E-state index contributed by atoms with van der Waals surface area (Å²) in [7, 11) is 0. The minimum atomic E-state index is -4.57. The van der Waals surface area contributed by atoms with E-state index in [1.165, 1.54) is 0 Å². The van der Waals surface area contributed by atoms with Gasteiger partial charge in [-0.1, -0.05) is 19.3 Å². The number of pyridine rings is 1. The molecular weight excluding hydrogens is 325 g/mol. The van der Waals surface area contributed by atoms with Crippen LogP contribution in [0.1, 0.15) is 37.7 Å². The monoisotopic (exact) mass is 346 g/mol. The van der Waals surface area contributed by atoms with Crippen molar-refractivity contribution in [3.05, 3.63) is 34.2 Å². The van der Waals surface area contributed by atoms with Crippen LogP contribution in [0.2, 0.25) is 0 Å². The minimum Gasteiger partial charge on any atom is -0.396 e. The van der Waals surface area contributed by atoms with Gasteiger partial charge in [-0.15, -0.1) is 0 Å². The molecule has 1 aliphatic carbocycles. The van der Waals surface area contributed by atoms with E-state index in [0.717, 1.165) is 36.3 Å². The molecule has 1 fully saturated rings. The molecule has 134 valence electrons. The maximum absolute atomic E-state index is 12.7. The first-order valence-corrected chi connectivity index (χ1v) is 7.99. The van der Waals surface area contributed by atoms with E-state index in [2.05, 4.69) is 5.32 Å². The fraction of sp³-hybridized carbons (Fsp3) is 0.625. The average Bonchev–Trinajstić information content (AvgIpc) is 2.73. The van der Waals surface area contributed by atoms with Crippen LogP contribution in [0.25, 0.3) is 0 Å². The number of aliphatic hydroxyl groups excluding tert-OH is 1. The lowest BCUT2D eigenvalue weighted by atomic mass is 9.95. The van der Waals surface area contributed by atoms with E-state index in [4.69, 9.17) is 0 Å². The quantitative estimate of drug-likeness (QED) is 0.819. The second kappa shape index (κ2) is 7.83. The summed E-state index contributed by atoms with van der Waals surface area (Å²) in [4.78, 5) is 23.8. The third-order valence-corrected chi connectivity index (χ3v) is 4.36. The van der Waals surface area contributed by atoms with Crippen molar-refractivity contribution in [3.63, 3.8) is 0 Å². The Hall–Kier alpha value is -1.83. The van der Waals surface area contributed by atoms with Crippen LogP contribution in [0.3, 0.4) is 0 Å². The summed E-state index contributed by atoms with van der Waals surface area (Å²) in [6.45, 7) is -0.522. The number of nitrogens with one attached hydrogen (secondary N) is 1. The van der Waals surface area contributed by atoms with Crippen molar-refractivity contribution >= 4 is 5.91 Å². The molecule has 2 rings (SSSR count). The van der Waals surface area contributed by atoms with E-state index in [1.807, 2.05) is 0 Å². The third-order valence-electron chi connectivity index (χ3n) is 4.36. The van der Waals surface area contributed by atoms with Gasteiger partial charge in [-0.2, -0.15) is 13.2 Å². The fourth-order valence-electron chi connectivity index (χ4n) is 3.02. The Bertz CT molecular complexity index is 628. The third kappa shape index (κ3) is 4.83. The SMILES string of the molecule is O=C(Cn1cc(C(F)(F)F)ccc1=O)NC1CCCCCC1CO. The molecule has 8 heteroatoms. The van der Waals surface area contributed by atoms with E-state index in [1.54, 1.807) is 0 Å². The summed E-state index contributed by atoms with van der Waals surface area (Å²) in [6, 6.07) is 1.29. The number of aromatic nitrogens is 1. The Morgan fingerprint density at radius 3 is 2.62 bits per heavy atom. The molecule has 0 aromatic carbocycles. The van der Waals surface area contributed by atoms with Gasteiger partial charge in [0.15, 0.2) is 0 Å². The number of amides is 1. The summed E-state index contributed by atoms with van der Waals surface area (Å²) in [5.74, 6) is -0.587. The van der Waals surface area contributed by atoms with Gasteiger partial charge in [0.25, 0.3) is 5.56 Å². The van der Waals surface area contributed by atoms with Crippen LogP contribution in [0.5, 0.6) is 0 Å². The lowest BCUT2D eigenvalue weighted by Gasteiger charge is -2.24. The molecular formula is C16H21F3N2O3. The first-order chi connectivity index (χ1) is 11.3. The number of halogens is 3. The zero-order valence-electron chi connectivity index (χ0n) is 13.2. The average molecular weight is 346 g/mol. The molecule has 0 radical (unpaired) electrons. The molecule has 0 spiro atoms. The molecule has 2 N–H and O–H groups in total. The van der Waals surface area contributed by atoms with Crippen molar-refractivity contribution in [2.75, 3.05) is 6.61 Å². The molecule has 0 aliphatic heterocycles. The molecule has 0 bridgehead atoms. The second-order valence-electron chi connectivity index (χ2n) is 6.14. The zero-order chi connectivity index (χ0) is 17.7. The largest absolute Gasteiger partial charge is 0.417 e. The molecule has 1 saturated carbocycles. The van der Waals surface area contributed by atoms with E-state index in [0.29, 0.717) is 18.7 Å². The number of alkyl halides is 3. The Labute approximate surface area is 137 Å². The Morgan fingerprint density at radius 1 is 1.25 bits per heavy atom. The zero-order valence-corrected chi connectivity index (χ0v) is 13.2. The summed E-state index contributed by atoms with van der Waals surface area (Å²) in [5.41, 5.74) is -1.64. The molecule has 24 heavy (non-hydrogen) atoms. The Kier molecular flexibility index (Phi) is 6.04. The Balaban J connectivity index is 2.07. The summed E-state index contributed by atoms with van der Waals surface area (Å²) < 4.78 is 38.9. The molecule has 1 aromatic rings. The summed E-state index contributed by atoms with van der Waals surface area (Å²) >= 11 is 0. The van der Waals surface area contributed by atoms with Crippen LogP contribution in [-0.2, 0) is 17.5 Å². The van der Waals surface area contributed by atoms with Crippen molar-refractivity contribution in [1.29, 1.82) is 0 Å². The first-order valence-electron chi connectivity index (χ1n) is 7.99. The van der Waals surface area contributed by atoms with E-state index in [-0.39, 0.29) is 18.6 Å². The lowest BCUT2D eigenvalue weighted by Crippen LogP contribution is -2.43. The molecule has 1 amide bonds. The predicted octanol–water partition coefficient (Wildman–Crippen LogP) is 1.92. The molecule has 2 atom stereocenters. The maximum atomic E-state index is 12.7. The maximum Gasteiger partial charge on any atom is 0.417 e. The highest BCUT2D eigenvalue weighted by Gasteiger charge is 2.31. The van der Waals surface area contributed by atoms with Crippen LogP contribution < -0.4 is 10.9 Å². The predicted molar refractivity (Wildman–Crippen MR) is 81.3 cm³/mol. The second-order valence-corrected chi connectivity index (χ2v) is 6.14. The van der Waals surface area contributed by atoms with E-state index < -0.39 is 29.8 Å². The fourth-order valence-corrected chi connectivity index (χ4v) is 3.02. The van der Waals surface area contributed by atoms with Gasteiger partial charge >= 0.3 is 6.18 Å². The number of hydrogen-bond donors (Lipinski definition) is 2. The number of carbonyl (C=O) groups excluding carboxylic acids is 1. The highest BCUT2D eigenvalue weighted by atomic mass is 19.4. The van der Waals surface area contributed by atoms with Gasteiger partial charge in [0.05, 0.1) is 5.56 Å². The number of hydrogen-bond acceptors (Lipinski definition) is 3. The molecule has 0 saturated heterocycles. The van der Waals surface area contributed by atoms with Gasteiger partial charge in [-0.3, -0.25) is 9.59 Å². The summed E-state index contributed by atoms with van der Waals surface area (Å²) in [5, 5.41) is 12.2. The number of aliphatic hydroxyl groups is 1. The summed E-state index contributed by atoms with van der Waals surface area (Å²) in [6.07, 6.45) is 0.513. The molecule has 5 nitrogen and oxygen atoms in total. The van der Waals surface area contributed by atoms with Crippen molar-refractivity contribution < 1.29 is 23.1 Å². The van der Waals surface area contributed by atoms with E-state index in [9.17, 15) is 27.9 Å². The van der Waals surface area contributed by atoms with Crippen molar-refractivity contribution in [2.45, 2.75) is 50.9 Å².